The van der Waals surface area contributed by atoms with Crippen LogP contribution in [-0.2, 0) is 18.2 Å². The van der Waals surface area contributed by atoms with Crippen molar-refractivity contribution in [2.75, 3.05) is 29.9 Å². The van der Waals surface area contributed by atoms with Gasteiger partial charge in [0.2, 0.25) is 0 Å². The lowest BCUT2D eigenvalue weighted by atomic mass is 10.1. The maximum absolute atomic E-state index is 13.4. The number of rotatable bonds is 7. The van der Waals surface area contributed by atoms with Gasteiger partial charge in [-0.05, 0) is 43.7 Å². The molecule has 0 amide bonds. The van der Waals surface area contributed by atoms with Crippen molar-refractivity contribution in [3.8, 4) is 11.4 Å². The zero-order valence-corrected chi connectivity index (χ0v) is 20.4. The van der Waals surface area contributed by atoms with E-state index in [1.165, 1.54) is 4.57 Å². The third-order valence-corrected chi connectivity index (χ3v) is 6.37. The van der Waals surface area contributed by atoms with Gasteiger partial charge in [0.05, 0.1) is 22.9 Å². The van der Waals surface area contributed by atoms with Crippen molar-refractivity contribution < 1.29 is 4.74 Å². The van der Waals surface area contributed by atoms with Crippen molar-refractivity contribution in [1.82, 2.24) is 14.5 Å². The molecule has 1 N–H and O–H groups in total. The summed E-state index contributed by atoms with van der Waals surface area (Å²) in [7, 11) is 1.70. The molecule has 0 unspecified atom stereocenters. The number of nitrogens with one attached hydrogen (secondary N) is 1. The van der Waals surface area contributed by atoms with Crippen LogP contribution in [0.3, 0.4) is 0 Å². The molecule has 9 heteroatoms. The fourth-order valence-electron chi connectivity index (χ4n) is 4.17. The van der Waals surface area contributed by atoms with Gasteiger partial charge in [0.1, 0.15) is 17.3 Å². The van der Waals surface area contributed by atoms with Gasteiger partial charge in [-0.3, -0.25) is 9.36 Å². The summed E-state index contributed by atoms with van der Waals surface area (Å²) in [4.78, 5) is 24.9. The Labute approximate surface area is 203 Å². The number of halogens is 2. The molecule has 0 aliphatic carbocycles. The van der Waals surface area contributed by atoms with Crippen molar-refractivity contribution in [3.05, 3.63) is 68.7 Å². The summed E-state index contributed by atoms with van der Waals surface area (Å²) < 4.78 is 7.54. The molecule has 1 aliphatic rings. The Kier molecular flexibility index (Phi) is 7.22. The zero-order valence-electron chi connectivity index (χ0n) is 18.9. The quantitative estimate of drug-likeness (QED) is 0.531. The molecule has 3 aromatic rings. The molecular weight excluding hydrogens is 461 g/mol. The van der Waals surface area contributed by atoms with Gasteiger partial charge in [-0.15, -0.1) is 0 Å². The molecule has 33 heavy (non-hydrogen) atoms. The molecule has 1 fully saturated rings. The van der Waals surface area contributed by atoms with Crippen LogP contribution in [0.25, 0.3) is 11.4 Å². The molecule has 1 aromatic carbocycles. The van der Waals surface area contributed by atoms with Crippen molar-refractivity contribution in [2.45, 2.75) is 32.4 Å². The maximum atomic E-state index is 13.4. The Bertz CT molecular complexity index is 1190. The molecule has 7 nitrogen and oxygen atoms in total. The second kappa shape index (κ2) is 10.1. The Morgan fingerprint density at radius 1 is 1.18 bits per heavy atom. The van der Waals surface area contributed by atoms with Crippen molar-refractivity contribution in [2.24, 2.45) is 7.05 Å². The number of nitrogens with zero attached hydrogens (tertiary/aromatic N) is 4. The van der Waals surface area contributed by atoms with Crippen LogP contribution in [0.5, 0.6) is 0 Å². The Morgan fingerprint density at radius 3 is 2.67 bits per heavy atom. The number of aromatic nitrogens is 3. The largest absolute Gasteiger partial charge is 0.374 e. The van der Waals surface area contributed by atoms with Gasteiger partial charge in [0.25, 0.3) is 5.56 Å². The second-order valence-electron chi connectivity index (χ2n) is 7.94. The van der Waals surface area contributed by atoms with Gasteiger partial charge < -0.3 is 15.0 Å². The van der Waals surface area contributed by atoms with Crippen LogP contribution in [0.4, 0.5) is 11.5 Å². The fraction of sp³-hybridized carbons (Fsp3) is 0.375. The Hall–Kier alpha value is -2.61. The molecule has 0 spiro atoms. The number of anilines is 2. The van der Waals surface area contributed by atoms with E-state index in [9.17, 15) is 4.79 Å². The summed E-state index contributed by atoms with van der Waals surface area (Å²) in [6, 6.07) is 10.9. The topological polar surface area (TPSA) is 72.3 Å². The minimum absolute atomic E-state index is 0.0863. The van der Waals surface area contributed by atoms with E-state index in [-0.39, 0.29) is 17.7 Å². The summed E-state index contributed by atoms with van der Waals surface area (Å²) >= 11 is 12.5. The highest BCUT2D eigenvalue weighted by atomic mass is 35.5. The smallest absolute Gasteiger partial charge is 0.277 e. The number of benzene rings is 1. The van der Waals surface area contributed by atoms with Gasteiger partial charge in [-0.25, -0.2) is 9.97 Å². The highest BCUT2D eigenvalue weighted by Crippen LogP contribution is 2.30. The SMILES string of the molecule is CCO[C@@H]1CN(c2ccccn2)C[C@H]1Nc1c(CC)nc(-c2ccc(Cl)cc2Cl)n(C)c1=O. The van der Waals surface area contributed by atoms with E-state index >= 15 is 0 Å². The highest BCUT2D eigenvalue weighted by molar-refractivity contribution is 6.36. The first-order chi connectivity index (χ1) is 15.9. The Balaban J connectivity index is 1.68. The van der Waals surface area contributed by atoms with E-state index in [4.69, 9.17) is 32.9 Å². The molecule has 1 saturated heterocycles. The first-order valence-electron chi connectivity index (χ1n) is 11.0. The van der Waals surface area contributed by atoms with Crippen LogP contribution in [0.1, 0.15) is 19.5 Å². The van der Waals surface area contributed by atoms with E-state index in [0.717, 1.165) is 5.82 Å². The molecule has 1 aliphatic heterocycles. The minimum atomic E-state index is -0.158. The van der Waals surface area contributed by atoms with Crippen LogP contribution < -0.4 is 15.8 Å². The van der Waals surface area contributed by atoms with Crippen LogP contribution in [0, 0.1) is 0 Å². The van der Waals surface area contributed by atoms with Gasteiger partial charge in [0, 0.05) is 43.5 Å². The standard InChI is InChI=1S/C24H27Cl2N5O2/c1-4-18-22(24(32)30(3)23(29-18)16-10-9-15(25)12-17(16)26)28-19-13-31(14-20(19)33-5-2)21-8-6-7-11-27-21/h6-12,19-20,28H,4-5,13-14H2,1-3H3/t19-,20-/m1/s1. The van der Waals surface area contributed by atoms with Crippen molar-refractivity contribution in [1.29, 1.82) is 0 Å². The average molecular weight is 488 g/mol. The van der Waals surface area contributed by atoms with Gasteiger partial charge in [0.15, 0.2) is 0 Å². The van der Waals surface area contributed by atoms with E-state index < -0.39 is 0 Å². The monoisotopic (exact) mass is 487 g/mol. The fourth-order valence-corrected chi connectivity index (χ4v) is 4.66. The van der Waals surface area contributed by atoms with Crippen LogP contribution in [-0.4, -0.2) is 46.4 Å². The summed E-state index contributed by atoms with van der Waals surface area (Å²) in [6.45, 7) is 5.90. The van der Waals surface area contributed by atoms with Crippen LogP contribution >= 0.6 is 23.2 Å². The predicted octanol–water partition coefficient (Wildman–Crippen LogP) is 4.42. The third kappa shape index (κ3) is 4.86. The number of pyridine rings is 1. The molecule has 2 atom stereocenters. The summed E-state index contributed by atoms with van der Waals surface area (Å²) in [5.74, 6) is 1.40. The molecule has 4 rings (SSSR count). The predicted molar refractivity (Wildman–Crippen MR) is 134 cm³/mol. The van der Waals surface area contributed by atoms with Gasteiger partial charge in [-0.1, -0.05) is 36.2 Å². The highest BCUT2D eigenvalue weighted by Gasteiger charge is 2.35. The molecule has 0 radical (unpaired) electrons. The van der Waals surface area contributed by atoms with E-state index in [1.807, 2.05) is 32.0 Å². The van der Waals surface area contributed by atoms with E-state index in [2.05, 4.69) is 15.2 Å². The number of ether oxygens (including phenoxy) is 1. The van der Waals surface area contributed by atoms with Crippen molar-refractivity contribution in [3.63, 3.8) is 0 Å². The molecule has 2 aromatic heterocycles. The molecule has 0 saturated carbocycles. The molecule has 3 heterocycles. The minimum Gasteiger partial charge on any atom is -0.374 e. The summed E-state index contributed by atoms with van der Waals surface area (Å²) in [5, 5.41) is 4.44. The van der Waals surface area contributed by atoms with Gasteiger partial charge in [-0.2, -0.15) is 0 Å². The molecule has 0 bridgehead atoms. The number of hydrogen-bond acceptors (Lipinski definition) is 6. The normalized spacial score (nSPS) is 18.0. The first-order valence-corrected chi connectivity index (χ1v) is 11.8. The lowest BCUT2D eigenvalue weighted by Gasteiger charge is -2.22. The number of hydrogen-bond donors (Lipinski definition) is 1. The first kappa shape index (κ1) is 23.5. The molecule has 174 valence electrons. The zero-order chi connectivity index (χ0) is 23.5. The summed E-state index contributed by atoms with van der Waals surface area (Å²) in [6.07, 6.45) is 2.28. The second-order valence-corrected chi connectivity index (χ2v) is 8.78. The average Bonchev–Trinajstić information content (AvgIpc) is 3.21. The lowest BCUT2D eigenvalue weighted by molar-refractivity contribution is 0.0719. The van der Waals surface area contributed by atoms with E-state index in [1.54, 1.807) is 31.4 Å². The maximum Gasteiger partial charge on any atom is 0.277 e. The van der Waals surface area contributed by atoms with Crippen molar-refractivity contribution >= 4 is 34.7 Å². The Morgan fingerprint density at radius 2 is 2.00 bits per heavy atom. The van der Waals surface area contributed by atoms with Gasteiger partial charge >= 0.3 is 0 Å². The number of aryl methyl sites for hydroxylation is 1. The lowest BCUT2D eigenvalue weighted by Crippen LogP contribution is -2.38. The van der Waals surface area contributed by atoms with E-state index in [0.29, 0.717) is 58.9 Å². The molecular formula is C24H27Cl2N5O2. The summed E-state index contributed by atoms with van der Waals surface area (Å²) in [5.41, 5.74) is 1.68. The van der Waals surface area contributed by atoms with Crippen LogP contribution in [0.15, 0.2) is 47.4 Å². The third-order valence-electron chi connectivity index (χ3n) is 5.82. The van der Waals surface area contributed by atoms with Crippen LogP contribution in [0.2, 0.25) is 10.0 Å².